The molecule has 5 heteroatoms. The lowest BCUT2D eigenvalue weighted by atomic mass is 9.86. The Morgan fingerprint density at radius 3 is 2.64 bits per heavy atom. The predicted molar refractivity (Wildman–Crippen MR) is 86.7 cm³/mol. The zero-order chi connectivity index (χ0) is 15.7. The molecule has 0 spiro atoms. The quantitative estimate of drug-likeness (QED) is 0.943. The van der Waals surface area contributed by atoms with Crippen molar-refractivity contribution in [1.82, 2.24) is 14.5 Å². The largest absolute Gasteiger partial charge is 0.352 e. The average molecular weight is 301 g/mol. The maximum Gasteiger partial charge on any atom is 0.329 e. The van der Waals surface area contributed by atoms with E-state index in [1.807, 2.05) is 24.3 Å². The number of hydrogen-bond donors (Lipinski definition) is 1. The molecule has 1 aliphatic rings. The fourth-order valence-electron chi connectivity index (χ4n) is 3.44. The molecule has 1 aromatic heterocycles. The number of aryl methyl sites for hydroxylation is 1. The van der Waals surface area contributed by atoms with Crippen molar-refractivity contribution < 1.29 is 4.79 Å². The minimum Gasteiger partial charge on any atom is -0.352 e. The van der Waals surface area contributed by atoms with E-state index in [1.165, 1.54) is 19.3 Å². The number of nitrogens with zero attached hydrogens (tertiary/aromatic N) is 2. The van der Waals surface area contributed by atoms with E-state index in [-0.39, 0.29) is 24.2 Å². The van der Waals surface area contributed by atoms with Crippen molar-refractivity contribution in [3.05, 3.63) is 34.7 Å². The molecule has 1 saturated carbocycles. The van der Waals surface area contributed by atoms with Gasteiger partial charge in [-0.25, -0.2) is 4.79 Å². The zero-order valence-electron chi connectivity index (χ0n) is 13.2. The number of hydrogen-bond acceptors (Lipinski definition) is 2. The first-order valence-electron chi connectivity index (χ1n) is 8.01. The first-order valence-corrected chi connectivity index (χ1v) is 8.01. The fraction of sp³-hybridized carbons (Fsp3) is 0.529. The maximum atomic E-state index is 12.4. The van der Waals surface area contributed by atoms with Gasteiger partial charge in [-0.2, -0.15) is 0 Å². The van der Waals surface area contributed by atoms with Crippen LogP contribution in [0.1, 0.15) is 32.6 Å². The number of carbonyl (C=O) groups is 1. The van der Waals surface area contributed by atoms with Gasteiger partial charge in [-0.15, -0.1) is 0 Å². The van der Waals surface area contributed by atoms with Gasteiger partial charge in [0, 0.05) is 13.1 Å². The monoisotopic (exact) mass is 301 g/mol. The van der Waals surface area contributed by atoms with Gasteiger partial charge in [0.15, 0.2) is 0 Å². The number of rotatable bonds is 3. The van der Waals surface area contributed by atoms with Crippen molar-refractivity contribution in [2.75, 3.05) is 0 Å². The van der Waals surface area contributed by atoms with Crippen LogP contribution in [0.2, 0.25) is 0 Å². The molecule has 1 fully saturated rings. The zero-order valence-corrected chi connectivity index (χ0v) is 13.2. The van der Waals surface area contributed by atoms with E-state index in [0.29, 0.717) is 5.92 Å². The highest BCUT2D eigenvalue weighted by Gasteiger charge is 2.23. The Labute approximate surface area is 129 Å². The van der Waals surface area contributed by atoms with Gasteiger partial charge in [0.1, 0.15) is 6.54 Å². The Kier molecular flexibility index (Phi) is 4.05. The third kappa shape index (κ3) is 2.67. The van der Waals surface area contributed by atoms with Crippen LogP contribution in [0.3, 0.4) is 0 Å². The molecule has 1 heterocycles. The molecule has 0 unspecified atom stereocenters. The topological polar surface area (TPSA) is 56.0 Å². The van der Waals surface area contributed by atoms with Gasteiger partial charge in [0.05, 0.1) is 11.0 Å². The summed E-state index contributed by atoms with van der Waals surface area (Å²) in [5, 5.41) is 3.11. The van der Waals surface area contributed by atoms with Crippen LogP contribution in [0.15, 0.2) is 29.1 Å². The van der Waals surface area contributed by atoms with Crippen molar-refractivity contribution in [1.29, 1.82) is 0 Å². The number of aromatic nitrogens is 2. The van der Waals surface area contributed by atoms with Crippen molar-refractivity contribution in [2.24, 2.45) is 13.0 Å². The summed E-state index contributed by atoms with van der Waals surface area (Å²) in [6, 6.07) is 7.81. The molecule has 0 saturated heterocycles. The molecule has 1 aromatic carbocycles. The van der Waals surface area contributed by atoms with Crippen LogP contribution in [0.25, 0.3) is 11.0 Å². The van der Waals surface area contributed by atoms with E-state index in [2.05, 4.69) is 12.2 Å². The highest BCUT2D eigenvalue weighted by atomic mass is 16.2. The van der Waals surface area contributed by atoms with Gasteiger partial charge in [0.2, 0.25) is 5.91 Å². The molecule has 3 rings (SSSR count). The number of benzene rings is 1. The van der Waals surface area contributed by atoms with Crippen molar-refractivity contribution in [3.8, 4) is 0 Å². The minimum absolute atomic E-state index is 0.0720. The molecule has 1 N–H and O–H groups in total. The highest BCUT2D eigenvalue weighted by Crippen LogP contribution is 2.23. The molecule has 118 valence electrons. The fourth-order valence-corrected chi connectivity index (χ4v) is 3.44. The first-order chi connectivity index (χ1) is 10.6. The van der Waals surface area contributed by atoms with Crippen LogP contribution >= 0.6 is 0 Å². The van der Waals surface area contributed by atoms with Crippen LogP contribution in [0.5, 0.6) is 0 Å². The number of fused-ring (bicyclic) bond motifs is 1. The van der Waals surface area contributed by atoms with Crippen LogP contribution in [-0.2, 0) is 18.4 Å². The average Bonchev–Trinajstić information content (AvgIpc) is 2.75. The van der Waals surface area contributed by atoms with Crippen molar-refractivity contribution in [2.45, 2.75) is 45.2 Å². The molecule has 1 aliphatic carbocycles. The smallest absolute Gasteiger partial charge is 0.329 e. The summed E-state index contributed by atoms with van der Waals surface area (Å²) in [6.45, 7) is 2.28. The Balaban J connectivity index is 1.80. The summed E-state index contributed by atoms with van der Waals surface area (Å²) in [4.78, 5) is 24.7. The molecule has 22 heavy (non-hydrogen) atoms. The normalized spacial score (nSPS) is 21.9. The second-order valence-electron chi connectivity index (χ2n) is 6.35. The van der Waals surface area contributed by atoms with E-state index >= 15 is 0 Å². The van der Waals surface area contributed by atoms with Gasteiger partial charge in [-0.3, -0.25) is 13.9 Å². The predicted octanol–water partition coefficient (Wildman–Crippen LogP) is 2.03. The van der Waals surface area contributed by atoms with Gasteiger partial charge < -0.3 is 5.32 Å². The first kappa shape index (κ1) is 14.9. The molecule has 0 aliphatic heterocycles. The lowest BCUT2D eigenvalue weighted by Crippen LogP contribution is -2.43. The summed E-state index contributed by atoms with van der Waals surface area (Å²) in [5.74, 6) is 0.444. The number of imidazole rings is 1. The van der Waals surface area contributed by atoms with Crippen molar-refractivity contribution >= 4 is 16.9 Å². The van der Waals surface area contributed by atoms with E-state index in [1.54, 1.807) is 16.2 Å². The maximum absolute atomic E-state index is 12.4. The van der Waals surface area contributed by atoms with E-state index in [4.69, 9.17) is 0 Å². The van der Waals surface area contributed by atoms with Gasteiger partial charge >= 0.3 is 5.69 Å². The van der Waals surface area contributed by atoms with Crippen molar-refractivity contribution in [3.63, 3.8) is 0 Å². The number of para-hydroxylation sites is 2. The van der Waals surface area contributed by atoms with E-state index in [0.717, 1.165) is 17.5 Å². The lowest BCUT2D eigenvalue weighted by Gasteiger charge is -2.29. The summed E-state index contributed by atoms with van der Waals surface area (Å²) in [5.41, 5.74) is 1.52. The Hall–Kier alpha value is -2.04. The Morgan fingerprint density at radius 2 is 1.91 bits per heavy atom. The van der Waals surface area contributed by atoms with Gasteiger partial charge in [-0.1, -0.05) is 31.9 Å². The van der Waals surface area contributed by atoms with Gasteiger partial charge in [0.25, 0.3) is 0 Å². The summed E-state index contributed by atoms with van der Waals surface area (Å²) in [6.07, 6.45) is 4.62. The second-order valence-corrected chi connectivity index (χ2v) is 6.35. The molecule has 0 bridgehead atoms. The third-order valence-corrected chi connectivity index (χ3v) is 4.81. The summed E-state index contributed by atoms with van der Waals surface area (Å²) >= 11 is 0. The molecule has 5 nitrogen and oxygen atoms in total. The molecular weight excluding hydrogens is 278 g/mol. The number of amides is 1. The standard InChI is InChI=1S/C17H23N3O2/c1-12-7-3-4-8-13(12)18-16(21)11-20-15-10-6-5-9-14(15)19(2)17(20)22/h5-6,9-10,12-13H,3-4,7-8,11H2,1-2H3,(H,18,21)/t12-,13+/m0/s1. The van der Waals surface area contributed by atoms with Crippen LogP contribution < -0.4 is 11.0 Å². The molecule has 2 atom stereocenters. The van der Waals surface area contributed by atoms with Gasteiger partial charge in [-0.05, 0) is 30.9 Å². The molecular formula is C17H23N3O2. The molecule has 0 radical (unpaired) electrons. The molecule has 1 amide bonds. The minimum atomic E-state index is -0.145. The third-order valence-electron chi connectivity index (χ3n) is 4.81. The highest BCUT2D eigenvalue weighted by molar-refractivity contribution is 5.81. The molecule has 2 aromatic rings. The summed E-state index contributed by atoms with van der Waals surface area (Å²) in [7, 11) is 1.74. The van der Waals surface area contributed by atoms with Crippen LogP contribution in [0.4, 0.5) is 0 Å². The SMILES string of the molecule is C[C@H]1CCCC[C@H]1NC(=O)Cn1c(=O)n(C)c2ccccc21. The Bertz CT molecular complexity index is 744. The number of carbonyl (C=O) groups excluding carboxylic acids is 1. The van der Waals surface area contributed by atoms with E-state index < -0.39 is 0 Å². The summed E-state index contributed by atoms with van der Waals surface area (Å²) < 4.78 is 3.14. The lowest BCUT2D eigenvalue weighted by molar-refractivity contribution is -0.122. The Morgan fingerprint density at radius 1 is 1.23 bits per heavy atom. The number of nitrogens with one attached hydrogen (secondary N) is 1. The second kappa shape index (κ2) is 5.99. The van der Waals surface area contributed by atoms with Crippen LogP contribution in [-0.4, -0.2) is 21.1 Å². The van der Waals surface area contributed by atoms with E-state index in [9.17, 15) is 9.59 Å². The van der Waals surface area contributed by atoms with Crippen LogP contribution in [0, 0.1) is 5.92 Å².